The van der Waals surface area contributed by atoms with Crippen molar-refractivity contribution in [3.8, 4) is 0 Å². The Morgan fingerprint density at radius 1 is 1.39 bits per heavy atom. The highest BCUT2D eigenvalue weighted by atomic mass is 16.3. The van der Waals surface area contributed by atoms with Crippen LogP contribution in [-0.2, 0) is 4.79 Å². The summed E-state index contributed by atoms with van der Waals surface area (Å²) in [5.74, 6) is 0.606. The summed E-state index contributed by atoms with van der Waals surface area (Å²) in [6.45, 7) is 4.46. The Labute approximate surface area is 110 Å². The Bertz CT molecular complexity index is 312. The number of nitrogens with one attached hydrogen (secondary N) is 1. The molecule has 18 heavy (non-hydrogen) atoms. The summed E-state index contributed by atoms with van der Waals surface area (Å²) in [6.07, 6.45) is 11.8. The smallest absolute Gasteiger partial charge is 0.244 e. The van der Waals surface area contributed by atoms with Gasteiger partial charge in [0.05, 0.1) is 5.60 Å². The third-order valence-electron chi connectivity index (χ3n) is 3.76. The summed E-state index contributed by atoms with van der Waals surface area (Å²) < 4.78 is 0. The van der Waals surface area contributed by atoms with Crippen molar-refractivity contribution in [1.82, 2.24) is 5.32 Å². The van der Waals surface area contributed by atoms with Gasteiger partial charge >= 0.3 is 0 Å². The van der Waals surface area contributed by atoms with Crippen LogP contribution in [0.15, 0.2) is 24.3 Å². The van der Waals surface area contributed by atoms with E-state index in [1.807, 2.05) is 13.0 Å². The fourth-order valence-corrected chi connectivity index (χ4v) is 2.36. The van der Waals surface area contributed by atoms with Gasteiger partial charge in [-0.2, -0.15) is 0 Å². The molecule has 0 aromatic rings. The van der Waals surface area contributed by atoms with Crippen molar-refractivity contribution in [2.45, 2.75) is 51.6 Å². The zero-order chi connectivity index (χ0) is 13.4. The molecule has 102 valence electrons. The van der Waals surface area contributed by atoms with E-state index in [0.717, 1.165) is 31.6 Å². The van der Waals surface area contributed by atoms with Crippen LogP contribution in [0.1, 0.15) is 46.0 Å². The summed E-state index contributed by atoms with van der Waals surface area (Å²) in [7, 11) is 0. The number of rotatable bonds is 5. The lowest BCUT2D eigenvalue weighted by molar-refractivity contribution is -0.118. The van der Waals surface area contributed by atoms with Gasteiger partial charge in [-0.3, -0.25) is 4.79 Å². The molecule has 3 heteroatoms. The minimum atomic E-state index is -0.699. The van der Waals surface area contributed by atoms with Gasteiger partial charge in [-0.05, 0) is 38.5 Å². The fraction of sp³-hybridized carbons (Fsp3) is 0.667. The molecule has 1 rings (SSSR count). The molecule has 3 nitrogen and oxygen atoms in total. The third kappa shape index (κ3) is 5.05. The van der Waals surface area contributed by atoms with Gasteiger partial charge in [0.25, 0.3) is 0 Å². The zero-order valence-electron chi connectivity index (χ0n) is 11.5. The molecule has 0 saturated heterocycles. The van der Waals surface area contributed by atoms with Crippen LogP contribution in [0.2, 0.25) is 0 Å². The van der Waals surface area contributed by atoms with Crippen molar-refractivity contribution in [2.24, 2.45) is 5.92 Å². The highest BCUT2D eigenvalue weighted by molar-refractivity contribution is 5.87. The summed E-state index contributed by atoms with van der Waals surface area (Å²) in [5.41, 5.74) is -0.699. The summed E-state index contributed by atoms with van der Waals surface area (Å²) in [5, 5.41) is 13.1. The van der Waals surface area contributed by atoms with Gasteiger partial charge in [-0.1, -0.05) is 31.6 Å². The van der Waals surface area contributed by atoms with Gasteiger partial charge in [0.1, 0.15) is 0 Å². The van der Waals surface area contributed by atoms with E-state index >= 15 is 0 Å². The normalized spacial score (nSPS) is 28.9. The quantitative estimate of drug-likeness (QED) is 0.583. The molecule has 1 amide bonds. The minimum Gasteiger partial charge on any atom is -0.388 e. The van der Waals surface area contributed by atoms with E-state index in [4.69, 9.17) is 0 Å². The standard InChI is InChI=1S/C15H25NO2/c1-3-5-6-7-14(17)16-12-15(18)10-8-13(4-2)9-11-15/h3,5-7,13,18H,4,8-12H2,1-2H3,(H,16,17). The first kappa shape index (κ1) is 15.0. The Morgan fingerprint density at radius 2 is 2.06 bits per heavy atom. The highest BCUT2D eigenvalue weighted by Gasteiger charge is 2.32. The van der Waals surface area contributed by atoms with Gasteiger partial charge in [0.2, 0.25) is 5.91 Å². The van der Waals surface area contributed by atoms with Crippen molar-refractivity contribution in [2.75, 3.05) is 6.54 Å². The molecule has 1 saturated carbocycles. The van der Waals surface area contributed by atoms with Gasteiger partial charge in [0.15, 0.2) is 0 Å². The lowest BCUT2D eigenvalue weighted by Gasteiger charge is -2.35. The first-order chi connectivity index (χ1) is 8.59. The Morgan fingerprint density at radius 3 is 2.61 bits per heavy atom. The third-order valence-corrected chi connectivity index (χ3v) is 3.76. The Balaban J connectivity index is 2.32. The van der Waals surface area contributed by atoms with Crippen molar-refractivity contribution in [1.29, 1.82) is 0 Å². The van der Waals surface area contributed by atoms with Crippen LogP contribution in [0.4, 0.5) is 0 Å². The van der Waals surface area contributed by atoms with Gasteiger partial charge in [-0.15, -0.1) is 0 Å². The van der Waals surface area contributed by atoms with Crippen LogP contribution in [0.5, 0.6) is 0 Å². The molecule has 0 aromatic carbocycles. The monoisotopic (exact) mass is 251 g/mol. The summed E-state index contributed by atoms with van der Waals surface area (Å²) in [4.78, 5) is 11.5. The second-order valence-corrected chi connectivity index (χ2v) is 5.18. The van der Waals surface area contributed by atoms with E-state index in [2.05, 4.69) is 12.2 Å². The van der Waals surface area contributed by atoms with Gasteiger partial charge in [-0.25, -0.2) is 0 Å². The maximum absolute atomic E-state index is 11.5. The predicted molar refractivity (Wildman–Crippen MR) is 74.2 cm³/mol. The molecule has 0 atom stereocenters. The average molecular weight is 251 g/mol. The van der Waals surface area contributed by atoms with Crippen LogP contribution in [0.3, 0.4) is 0 Å². The van der Waals surface area contributed by atoms with Gasteiger partial charge < -0.3 is 10.4 Å². The first-order valence-corrected chi connectivity index (χ1v) is 6.89. The van der Waals surface area contributed by atoms with E-state index in [1.165, 1.54) is 12.5 Å². The minimum absolute atomic E-state index is 0.140. The zero-order valence-corrected chi connectivity index (χ0v) is 11.5. The molecular formula is C15H25NO2. The number of carbonyl (C=O) groups excluding carboxylic acids is 1. The summed E-state index contributed by atoms with van der Waals surface area (Å²) in [6, 6.07) is 0. The summed E-state index contributed by atoms with van der Waals surface area (Å²) >= 11 is 0. The molecule has 0 aliphatic heterocycles. The molecule has 0 unspecified atom stereocenters. The van der Waals surface area contributed by atoms with Gasteiger partial charge in [0, 0.05) is 12.6 Å². The van der Waals surface area contributed by atoms with Crippen LogP contribution >= 0.6 is 0 Å². The van der Waals surface area contributed by atoms with E-state index in [0.29, 0.717) is 6.54 Å². The highest BCUT2D eigenvalue weighted by Crippen LogP contribution is 2.33. The fourth-order valence-electron chi connectivity index (χ4n) is 2.36. The molecular weight excluding hydrogens is 226 g/mol. The molecule has 0 radical (unpaired) electrons. The van der Waals surface area contributed by atoms with E-state index in [-0.39, 0.29) is 5.91 Å². The predicted octanol–water partition coefficient (Wildman–Crippen LogP) is 2.57. The Kier molecular flexibility index (Phi) is 6.13. The number of aliphatic hydroxyl groups is 1. The van der Waals surface area contributed by atoms with E-state index in [1.54, 1.807) is 12.2 Å². The van der Waals surface area contributed by atoms with Crippen LogP contribution < -0.4 is 5.32 Å². The molecule has 0 spiro atoms. The maximum Gasteiger partial charge on any atom is 0.244 e. The second-order valence-electron chi connectivity index (χ2n) is 5.18. The molecule has 1 aliphatic carbocycles. The number of amides is 1. The number of hydrogen-bond acceptors (Lipinski definition) is 2. The molecule has 1 fully saturated rings. The molecule has 0 bridgehead atoms. The van der Waals surface area contributed by atoms with E-state index in [9.17, 15) is 9.90 Å². The lowest BCUT2D eigenvalue weighted by atomic mass is 9.78. The second kappa shape index (κ2) is 7.37. The number of allylic oxidation sites excluding steroid dienone is 3. The van der Waals surface area contributed by atoms with Crippen molar-refractivity contribution in [3.05, 3.63) is 24.3 Å². The number of hydrogen-bond donors (Lipinski definition) is 2. The van der Waals surface area contributed by atoms with Crippen molar-refractivity contribution < 1.29 is 9.90 Å². The van der Waals surface area contributed by atoms with Crippen molar-refractivity contribution >= 4 is 5.91 Å². The molecule has 0 heterocycles. The largest absolute Gasteiger partial charge is 0.388 e. The van der Waals surface area contributed by atoms with Crippen molar-refractivity contribution in [3.63, 3.8) is 0 Å². The topological polar surface area (TPSA) is 49.3 Å². The Hall–Kier alpha value is -1.09. The molecule has 0 aromatic heterocycles. The first-order valence-electron chi connectivity index (χ1n) is 6.89. The van der Waals surface area contributed by atoms with Crippen LogP contribution in [0.25, 0.3) is 0 Å². The van der Waals surface area contributed by atoms with E-state index < -0.39 is 5.60 Å². The average Bonchev–Trinajstić information content (AvgIpc) is 2.38. The maximum atomic E-state index is 11.5. The molecule has 2 N–H and O–H groups in total. The van der Waals surface area contributed by atoms with Crippen LogP contribution in [-0.4, -0.2) is 23.2 Å². The molecule has 1 aliphatic rings. The number of carbonyl (C=O) groups is 1. The SMILES string of the molecule is CC=CC=CC(=O)NCC1(O)CCC(CC)CC1. The lowest BCUT2D eigenvalue weighted by Crippen LogP contribution is -2.45. The van der Waals surface area contributed by atoms with Crippen LogP contribution in [0, 0.1) is 5.92 Å².